The summed E-state index contributed by atoms with van der Waals surface area (Å²) in [4.78, 5) is 11.5. The van der Waals surface area contributed by atoms with Gasteiger partial charge in [-0.25, -0.2) is 0 Å². The van der Waals surface area contributed by atoms with E-state index in [2.05, 4.69) is 24.9 Å². The van der Waals surface area contributed by atoms with Crippen LogP contribution in [0.25, 0.3) is 0 Å². The number of carboxylic acids is 1. The molecule has 0 saturated carbocycles. The maximum Gasteiger partial charge on any atom is 0.300 e. The summed E-state index contributed by atoms with van der Waals surface area (Å²) in [5, 5.41) is 7.42. The third kappa shape index (κ3) is 11.8. The molecule has 112 valence electrons. The highest BCUT2D eigenvalue weighted by atomic mass is 16.4. The van der Waals surface area contributed by atoms with Crippen LogP contribution in [-0.2, 0) is 4.79 Å². The van der Waals surface area contributed by atoms with Crippen molar-refractivity contribution in [1.82, 2.24) is 4.90 Å². The van der Waals surface area contributed by atoms with Crippen LogP contribution in [0.2, 0.25) is 0 Å². The van der Waals surface area contributed by atoms with Crippen molar-refractivity contribution in [2.45, 2.75) is 72.1 Å². The summed E-state index contributed by atoms with van der Waals surface area (Å²) in [7, 11) is 0. The number of carboxylic acid groups (broad SMARTS) is 1. The highest BCUT2D eigenvalue weighted by Crippen LogP contribution is 2.17. The minimum atomic E-state index is -0.833. The molecule has 1 N–H and O–H groups in total. The zero-order chi connectivity index (χ0) is 14.5. The van der Waals surface area contributed by atoms with Gasteiger partial charge in [0.25, 0.3) is 5.97 Å². The Morgan fingerprint density at radius 2 is 1.79 bits per heavy atom. The fraction of sp³-hybridized carbons (Fsp3) is 0.812. The molecule has 0 atom stereocenters. The summed E-state index contributed by atoms with van der Waals surface area (Å²) in [6.45, 7) is 8.19. The van der Waals surface area contributed by atoms with Crippen LogP contribution in [0.4, 0.5) is 0 Å². The van der Waals surface area contributed by atoms with E-state index >= 15 is 0 Å². The fourth-order valence-electron chi connectivity index (χ4n) is 2.21. The molecule has 0 aliphatic carbocycles. The van der Waals surface area contributed by atoms with E-state index in [0.717, 1.165) is 6.92 Å². The van der Waals surface area contributed by atoms with Crippen molar-refractivity contribution >= 4 is 5.97 Å². The third-order valence-corrected chi connectivity index (χ3v) is 3.34. The number of unbranched alkanes of at least 4 members (excludes halogenated alkanes) is 5. The van der Waals surface area contributed by atoms with Crippen LogP contribution in [0.15, 0.2) is 11.8 Å². The van der Waals surface area contributed by atoms with E-state index in [1.165, 1.54) is 64.5 Å². The van der Waals surface area contributed by atoms with E-state index in [0.29, 0.717) is 0 Å². The lowest BCUT2D eigenvalue weighted by molar-refractivity contribution is -0.134. The Balaban J connectivity index is 0.000000711. The highest BCUT2D eigenvalue weighted by molar-refractivity contribution is 5.62. The lowest BCUT2D eigenvalue weighted by atomic mass is 10.1. The quantitative estimate of drug-likeness (QED) is 0.662. The molecule has 1 aliphatic rings. The molecule has 19 heavy (non-hydrogen) atoms. The number of hydrogen-bond acceptors (Lipinski definition) is 2. The summed E-state index contributed by atoms with van der Waals surface area (Å²) >= 11 is 0. The van der Waals surface area contributed by atoms with Crippen molar-refractivity contribution in [3.8, 4) is 0 Å². The van der Waals surface area contributed by atoms with Crippen molar-refractivity contribution in [2.24, 2.45) is 0 Å². The molecule has 3 heteroatoms. The molecule has 0 aromatic heterocycles. The van der Waals surface area contributed by atoms with Gasteiger partial charge in [-0.1, -0.05) is 51.5 Å². The smallest absolute Gasteiger partial charge is 0.300 e. The summed E-state index contributed by atoms with van der Waals surface area (Å²) in [5.74, 6) is -0.833. The Bertz CT molecular complexity index is 257. The van der Waals surface area contributed by atoms with Gasteiger partial charge in [0.05, 0.1) is 0 Å². The molecule has 1 rings (SSSR count). The molecule has 0 fully saturated rings. The van der Waals surface area contributed by atoms with Gasteiger partial charge in [-0.15, -0.1) is 0 Å². The predicted molar refractivity (Wildman–Crippen MR) is 81.2 cm³/mol. The maximum atomic E-state index is 9.00. The minimum Gasteiger partial charge on any atom is -0.481 e. The van der Waals surface area contributed by atoms with E-state index in [1.54, 1.807) is 5.57 Å². The molecule has 0 spiro atoms. The van der Waals surface area contributed by atoms with Crippen molar-refractivity contribution in [1.29, 1.82) is 0 Å². The predicted octanol–water partition coefficient (Wildman–Crippen LogP) is 4.44. The summed E-state index contributed by atoms with van der Waals surface area (Å²) in [6.07, 6.45) is 13.4. The van der Waals surface area contributed by atoms with Crippen LogP contribution in [0.3, 0.4) is 0 Å². The zero-order valence-corrected chi connectivity index (χ0v) is 13.0. The van der Waals surface area contributed by atoms with E-state index in [4.69, 9.17) is 9.90 Å². The molecule has 0 aromatic carbocycles. The van der Waals surface area contributed by atoms with Gasteiger partial charge in [0.2, 0.25) is 0 Å². The van der Waals surface area contributed by atoms with Gasteiger partial charge in [0, 0.05) is 20.0 Å². The monoisotopic (exact) mass is 269 g/mol. The first-order valence-corrected chi connectivity index (χ1v) is 7.73. The number of hydrogen-bond donors (Lipinski definition) is 1. The zero-order valence-electron chi connectivity index (χ0n) is 13.0. The van der Waals surface area contributed by atoms with Gasteiger partial charge in [-0.3, -0.25) is 4.79 Å². The second-order valence-electron chi connectivity index (χ2n) is 5.21. The highest BCUT2D eigenvalue weighted by Gasteiger charge is 2.09. The molecule has 0 amide bonds. The van der Waals surface area contributed by atoms with Crippen molar-refractivity contribution in [3.05, 3.63) is 11.8 Å². The standard InChI is InChI=1S/C14H27N.C2H4O2/c1-3-5-6-7-8-9-11-15-12-10-14(4-2)13-15;1-2(3)4/h13H,3-12H2,1-2H3;1H3,(H,3,4). The number of rotatable bonds is 8. The van der Waals surface area contributed by atoms with Crippen molar-refractivity contribution < 1.29 is 9.90 Å². The van der Waals surface area contributed by atoms with Gasteiger partial charge in [0.15, 0.2) is 0 Å². The molecule has 0 unspecified atom stereocenters. The molecule has 0 saturated heterocycles. The van der Waals surface area contributed by atoms with Crippen molar-refractivity contribution in [3.63, 3.8) is 0 Å². The Labute approximate surface area is 118 Å². The lowest BCUT2D eigenvalue weighted by Crippen LogP contribution is -2.15. The van der Waals surface area contributed by atoms with Crippen molar-refractivity contribution in [2.75, 3.05) is 13.1 Å². The van der Waals surface area contributed by atoms with Gasteiger partial charge in [-0.2, -0.15) is 0 Å². The number of aliphatic carboxylic acids is 1. The molecule has 3 nitrogen and oxygen atoms in total. The first-order valence-electron chi connectivity index (χ1n) is 7.73. The van der Waals surface area contributed by atoms with Crippen LogP contribution in [0.1, 0.15) is 72.1 Å². The van der Waals surface area contributed by atoms with E-state index in [9.17, 15) is 0 Å². The van der Waals surface area contributed by atoms with Gasteiger partial charge in [0.1, 0.15) is 0 Å². The Morgan fingerprint density at radius 1 is 1.21 bits per heavy atom. The molecule has 0 bridgehead atoms. The normalized spacial score (nSPS) is 13.8. The van der Waals surface area contributed by atoms with Gasteiger partial charge < -0.3 is 10.0 Å². The average molecular weight is 269 g/mol. The molecule has 0 aromatic rings. The van der Waals surface area contributed by atoms with Crippen LogP contribution in [0, 0.1) is 0 Å². The number of nitrogens with zero attached hydrogens (tertiary/aromatic N) is 1. The largest absolute Gasteiger partial charge is 0.481 e. The van der Waals surface area contributed by atoms with Crippen LogP contribution < -0.4 is 0 Å². The van der Waals surface area contributed by atoms with Gasteiger partial charge >= 0.3 is 0 Å². The second-order valence-corrected chi connectivity index (χ2v) is 5.21. The van der Waals surface area contributed by atoms with E-state index in [-0.39, 0.29) is 0 Å². The Morgan fingerprint density at radius 3 is 2.32 bits per heavy atom. The molecule has 1 aliphatic heterocycles. The Kier molecular flexibility index (Phi) is 11.4. The van der Waals surface area contributed by atoms with Gasteiger partial charge in [-0.05, 0) is 25.5 Å². The summed E-state index contributed by atoms with van der Waals surface area (Å²) < 4.78 is 0. The first kappa shape index (κ1) is 18.0. The van der Waals surface area contributed by atoms with Crippen LogP contribution in [0.5, 0.6) is 0 Å². The maximum absolute atomic E-state index is 9.00. The first-order chi connectivity index (χ1) is 9.10. The molecular formula is C16H31NO2. The Hall–Kier alpha value is -0.990. The topological polar surface area (TPSA) is 40.5 Å². The molecule has 0 radical (unpaired) electrons. The molecule has 1 heterocycles. The summed E-state index contributed by atoms with van der Waals surface area (Å²) in [6, 6.07) is 0. The minimum absolute atomic E-state index is 0.833. The molecular weight excluding hydrogens is 238 g/mol. The van der Waals surface area contributed by atoms with Crippen LogP contribution >= 0.6 is 0 Å². The van der Waals surface area contributed by atoms with E-state index in [1.807, 2.05) is 0 Å². The SMILES string of the molecule is CC(=O)O.CCCCCCCCN1C=C(CC)CC1. The second kappa shape index (κ2) is 12.1. The summed E-state index contributed by atoms with van der Waals surface area (Å²) in [5.41, 5.74) is 1.64. The van der Waals surface area contributed by atoms with E-state index < -0.39 is 5.97 Å². The average Bonchev–Trinajstić information content (AvgIpc) is 2.81. The third-order valence-electron chi connectivity index (χ3n) is 3.34. The fourth-order valence-corrected chi connectivity index (χ4v) is 2.21. The number of carbonyl (C=O) groups is 1. The lowest BCUT2D eigenvalue weighted by Gasteiger charge is -2.14. The van der Waals surface area contributed by atoms with Crippen LogP contribution in [-0.4, -0.2) is 29.1 Å².